The van der Waals surface area contributed by atoms with E-state index in [2.05, 4.69) is 60.0 Å². The summed E-state index contributed by atoms with van der Waals surface area (Å²) in [6.07, 6.45) is 4.66. The van der Waals surface area contributed by atoms with Crippen molar-refractivity contribution >= 4 is 38.4 Å². The van der Waals surface area contributed by atoms with Gasteiger partial charge in [-0.25, -0.2) is 0 Å². The Morgan fingerprint density at radius 3 is 2.03 bits per heavy atom. The fraction of sp³-hybridized carbons (Fsp3) is 0.440. The Bertz CT molecular complexity index is 1130. The Balaban J connectivity index is 1.76. The number of aromatic amines is 1. The van der Waals surface area contributed by atoms with Crippen LogP contribution in [0.15, 0.2) is 51.4 Å². The predicted octanol–water partition coefficient (Wildman–Crippen LogP) is 5.90. The Morgan fingerprint density at radius 1 is 0.900 bits per heavy atom. The number of allylic oxidation sites excluding steroid dienone is 4. The fourth-order valence-corrected chi connectivity index (χ4v) is 5.92. The van der Waals surface area contributed by atoms with E-state index in [1.54, 1.807) is 0 Å². The van der Waals surface area contributed by atoms with Gasteiger partial charge < -0.3 is 10.3 Å². The molecule has 2 aromatic rings. The molecule has 2 heterocycles. The van der Waals surface area contributed by atoms with Crippen LogP contribution >= 0.6 is 15.9 Å². The van der Waals surface area contributed by atoms with E-state index in [4.69, 9.17) is 0 Å². The number of Topliss-reactive ketones (excluding diaryl/α,β-unsaturated/α-hetero) is 2. The first-order chi connectivity index (χ1) is 14.0. The average molecular weight is 467 g/mol. The molecule has 0 saturated carbocycles. The van der Waals surface area contributed by atoms with Crippen LogP contribution in [0.5, 0.6) is 0 Å². The number of benzene rings is 1. The molecule has 5 heteroatoms. The molecular formula is C25H27BrN2O2. The summed E-state index contributed by atoms with van der Waals surface area (Å²) in [5.74, 6) is 0.0298. The van der Waals surface area contributed by atoms with Gasteiger partial charge in [0.1, 0.15) is 0 Å². The number of hydrogen-bond acceptors (Lipinski definition) is 3. The van der Waals surface area contributed by atoms with Crippen LogP contribution in [-0.2, 0) is 9.59 Å². The first kappa shape index (κ1) is 19.8. The van der Waals surface area contributed by atoms with Gasteiger partial charge >= 0.3 is 0 Å². The lowest BCUT2D eigenvalue weighted by Gasteiger charge is -2.43. The van der Waals surface area contributed by atoms with Gasteiger partial charge in [0.25, 0.3) is 0 Å². The molecule has 0 saturated heterocycles. The molecule has 1 aromatic carbocycles. The largest absolute Gasteiger partial charge is 0.362 e. The van der Waals surface area contributed by atoms with E-state index in [-0.39, 0.29) is 28.3 Å². The molecule has 4 nitrogen and oxygen atoms in total. The summed E-state index contributed by atoms with van der Waals surface area (Å²) in [6.45, 7) is 8.59. The molecule has 0 unspecified atom stereocenters. The zero-order valence-electron chi connectivity index (χ0n) is 17.9. The summed E-state index contributed by atoms with van der Waals surface area (Å²) in [7, 11) is 0. The SMILES string of the molecule is CC1(C)CC(=O)C2=C(C1)NC1=C(C(=O)CC(C)(C)C1)C2c1c[nH]c2cc(Br)ccc12. The molecule has 1 aliphatic heterocycles. The predicted molar refractivity (Wildman–Crippen MR) is 122 cm³/mol. The van der Waals surface area contributed by atoms with Crippen LogP contribution in [-0.4, -0.2) is 16.6 Å². The van der Waals surface area contributed by atoms with Crippen molar-refractivity contribution < 1.29 is 9.59 Å². The maximum atomic E-state index is 13.4. The molecule has 0 bridgehead atoms. The topological polar surface area (TPSA) is 62.0 Å². The minimum absolute atomic E-state index is 0.0786. The van der Waals surface area contributed by atoms with Crippen molar-refractivity contribution in [3.8, 4) is 0 Å². The third-order valence-electron chi connectivity index (χ3n) is 6.71. The van der Waals surface area contributed by atoms with Crippen LogP contribution in [0.25, 0.3) is 10.9 Å². The molecule has 5 rings (SSSR count). The second-order valence-corrected chi connectivity index (χ2v) is 11.6. The van der Waals surface area contributed by atoms with Crippen molar-refractivity contribution in [2.75, 3.05) is 0 Å². The zero-order chi connectivity index (χ0) is 21.4. The van der Waals surface area contributed by atoms with Crippen LogP contribution in [0.2, 0.25) is 0 Å². The quantitative estimate of drug-likeness (QED) is 0.549. The first-order valence-corrected chi connectivity index (χ1v) is 11.4. The van der Waals surface area contributed by atoms with Gasteiger partial charge in [-0.05, 0) is 41.4 Å². The summed E-state index contributed by atoms with van der Waals surface area (Å²) < 4.78 is 1.000. The van der Waals surface area contributed by atoms with E-state index >= 15 is 0 Å². The Labute approximate surface area is 185 Å². The highest BCUT2D eigenvalue weighted by Gasteiger charge is 2.46. The zero-order valence-corrected chi connectivity index (χ0v) is 19.5. The third kappa shape index (κ3) is 3.09. The van der Waals surface area contributed by atoms with Gasteiger partial charge in [0.15, 0.2) is 11.6 Å². The van der Waals surface area contributed by atoms with Crippen LogP contribution < -0.4 is 5.32 Å². The molecule has 0 amide bonds. The average Bonchev–Trinajstić information content (AvgIpc) is 3.00. The number of nitrogens with one attached hydrogen (secondary N) is 2. The second kappa shape index (κ2) is 6.43. The maximum Gasteiger partial charge on any atom is 0.162 e. The van der Waals surface area contributed by atoms with Crippen LogP contribution in [0.3, 0.4) is 0 Å². The molecule has 2 N–H and O–H groups in total. The Morgan fingerprint density at radius 2 is 1.47 bits per heavy atom. The van der Waals surface area contributed by atoms with Gasteiger partial charge in [-0.2, -0.15) is 0 Å². The van der Waals surface area contributed by atoms with Crippen molar-refractivity contribution in [1.82, 2.24) is 10.3 Å². The van der Waals surface area contributed by atoms with E-state index < -0.39 is 0 Å². The van der Waals surface area contributed by atoms with Gasteiger partial charge in [-0.1, -0.05) is 49.7 Å². The minimum Gasteiger partial charge on any atom is -0.362 e. The number of carbonyl (C=O) groups excluding carboxylic acids is 2. The van der Waals surface area contributed by atoms with Gasteiger partial charge in [0.05, 0.1) is 0 Å². The molecule has 0 radical (unpaired) electrons. The van der Waals surface area contributed by atoms with E-state index in [1.165, 1.54) is 0 Å². The molecule has 0 fully saturated rings. The number of fused-ring (bicyclic) bond motifs is 1. The summed E-state index contributed by atoms with van der Waals surface area (Å²) in [5.41, 5.74) is 5.49. The van der Waals surface area contributed by atoms with E-state index in [9.17, 15) is 9.59 Å². The van der Waals surface area contributed by atoms with Gasteiger partial charge in [0.2, 0.25) is 0 Å². The highest BCUT2D eigenvalue weighted by molar-refractivity contribution is 9.10. The number of aromatic nitrogens is 1. The number of hydrogen-bond donors (Lipinski definition) is 2. The third-order valence-corrected chi connectivity index (χ3v) is 7.20. The van der Waals surface area contributed by atoms with Crippen molar-refractivity contribution in [2.45, 2.75) is 59.3 Å². The van der Waals surface area contributed by atoms with E-state index in [0.29, 0.717) is 12.8 Å². The molecule has 3 aliphatic rings. The molecule has 2 aliphatic carbocycles. The normalized spacial score (nSPS) is 23.5. The van der Waals surface area contributed by atoms with Crippen molar-refractivity contribution in [3.63, 3.8) is 0 Å². The second-order valence-electron chi connectivity index (χ2n) is 10.7. The Kier molecular flexibility index (Phi) is 4.24. The molecular weight excluding hydrogens is 440 g/mol. The van der Waals surface area contributed by atoms with Crippen molar-refractivity contribution in [3.05, 3.63) is 57.0 Å². The lowest BCUT2D eigenvalue weighted by Crippen LogP contribution is -2.42. The maximum absolute atomic E-state index is 13.4. The highest BCUT2D eigenvalue weighted by atomic mass is 79.9. The van der Waals surface area contributed by atoms with E-state index in [1.807, 2.05) is 18.3 Å². The van der Waals surface area contributed by atoms with Crippen LogP contribution in [0, 0.1) is 10.8 Å². The highest BCUT2D eigenvalue weighted by Crippen LogP contribution is 2.51. The number of dihydropyridines is 1. The van der Waals surface area contributed by atoms with Crippen molar-refractivity contribution in [2.24, 2.45) is 10.8 Å². The molecule has 0 atom stereocenters. The van der Waals surface area contributed by atoms with E-state index in [0.717, 1.165) is 56.3 Å². The number of H-pyrrole nitrogens is 1. The van der Waals surface area contributed by atoms with Gasteiger partial charge in [-0.15, -0.1) is 0 Å². The lowest BCUT2D eigenvalue weighted by atomic mass is 9.64. The first-order valence-electron chi connectivity index (χ1n) is 10.6. The number of rotatable bonds is 1. The molecule has 0 spiro atoms. The Hall–Kier alpha value is -2.14. The van der Waals surface area contributed by atoms with Crippen molar-refractivity contribution in [1.29, 1.82) is 0 Å². The molecule has 30 heavy (non-hydrogen) atoms. The summed E-state index contributed by atoms with van der Waals surface area (Å²) >= 11 is 3.54. The smallest absolute Gasteiger partial charge is 0.162 e. The summed E-state index contributed by atoms with van der Waals surface area (Å²) in [4.78, 5) is 30.2. The fourth-order valence-electron chi connectivity index (χ4n) is 5.56. The van der Waals surface area contributed by atoms with Crippen LogP contribution in [0.4, 0.5) is 0 Å². The lowest BCUT2D eigenvalue weighted by molar-refractivity contribution is -0.119. The number of halogens is 1. The van der Waals surface area contributed by atoms with Gasteiger partial charge in [0, 0.05) is 62.9 Å². The molecule has 156 valence electrons. The standard InChI is InChI=1S/C25H27BrN2O2/c1-24(2)8-17-22(19(29)10-24)21(15-12-27-16-7-13(26)5-6-14(15)16)23-18(28-17)9-25(3,4)11-20(23)30/h5-7,12,21,27-28H,8-11H2,1-4H3. The van der Waals surface area contributed by atoms with Crippen LogP contribution in [0.1, 0.15) is 64.9 Å². The summed E-state index contributed by atoms with van der Waals surface area (Å²) in [5, 5.41) is 4.65. The number of ketones is 2. The summed E-state index contributed by atoms with van der Waals surface area (Å²) in [6, 6.07) is 6.13. The van der Waals surface area contributed by atoms with Gasteiger partial charge in [-0.3, -0.25) is 9.59 Å². The number of carbonyl (C=O) groups is 2. The molecule has 1 aromatic heterocycles. The monoisotopic (exact) mass is 466 g/mol. The minimum atomic E-state index is -0.293.